The Hall–Kier alpha value is -2.41. The van der Waals surface area contributed by atoms with Crippen LogP contribution < -0.4 is 5.32 Å². The Morgan fingerprint density at radius 3 is 2.76 bits per heavy atom. The highest BCUT2D eigenvalue weighted by molar-refractivity contribution is 6.21. The number of fused-ring (bicyclic) bond motifs is 2. The second-order valence-electron chi connectivity index (χ2n) is 6.81. The topological polar surface area (TPSA) is 79.0 Å². The zero-order valence-corrected chi connectivity index (χ0v) is 14.2. The molecule has 132 valence electrons. The number of rotatable bonds is 1. The van der Waals surface area contributed by atoms with Crippen LogP contribution in [0.3, 0.4) is 0 Å². The number of carbonyl (C=O) groups excluding carboxylic acids is 3. The zero-order valence-electron chi connectivity index (χ0n) is 14.2. The van der Waals surface area contributed by atoms with E-state index in [9.17, 15) is 14.4 Å². The van der Waals surface area contributed by atoms with Crippen molar-refractivity contribution in [3.8, 4) is 0 Å². The third-order valence-electron chi connectivity index (χ3n) is 5.33. The maximum absolute atomic E-state index is 12.7. The van der Waals surface area contributed by atoms with Crippen LogP contribution >= 0.6 is 0 Å². The van der Waals surface area contributed by atoms with E-state index in [2.05, 4.69) is 5.32 Å². The molecule has 1 aromatic rings. The molecule has 1 aromatic carbocycles. The number of hydrogen-bond acceptors (Lipinski definition) is 4. The monoisotopic (exact) mass is 343 g/mol. The molecule has 2 aliphatic heterocycles. The van der Waals surface area contributed by atoms with E-state index in [0.29, 0.717) is 30.0 Å². The van der Waals surface area contributed by atoms with Crippen molar-refractivity contribution in [2.24, 2.45) is 0 Å². The van der Waals surface area contributed by atoms with E-state index in [-0.39, 0.29) is 30.0 Å². The van der Waals surface area contributed by atoms with Crippen molar-refractivity contribution in [3.05, 3.63) is 29.3 Å². The van der Waals surface area contributed by atoms with Crippen molar-refractivity contribution in [1.29, 1.82) is 0 Å². The summed E-state index contributed by atoms with van der Waals surface area (Å²) in [5.41, 5.74) is 1.24. The van der Waals surface area contributed by atoms with Crippen LogP contribution in [0, 0.1) is 0 Å². The molecule has 2 fully saturated rings. The van der Waals surface area contributed by atoms with E-state index in [1.807, 2.05) is 4.90 Å². The summed E-state index contributed by atoms with van der Waals surface area (Å²) in [6, 6.07) is 4.78. The molecule has 7 heteroatoms. The van der Waals surface area contributed by atoms with Crippen molar-refractivity contribution >= 4 is 23.5 Å². The molecule has 1 aliphatic carbocycles. The Labute approximate surface area is 145 Å². The largest absolute Gasteiger partial charge is 0.374 e. The van der Waals surface area contributed by atoms with Gasteiger partial charge >= 0.3 is 6.03 Å². The first kappa shape index (κ1) is 16.1. The molecule has 4 amide bonds. The van der Waals surface area contributed by atoms with Crippen molar-refractivity contribution in [1.82, 2.24) is 9.80 Å². The molecule has 3 aliphatic rings. The fourth-order valence-electron chi connectivity index (χ4n) is 3.98. The molecule has 4 rings (SSSR count). The highest BCUT2D eigenvalue weighted by Gasteiger charge is 2.37. The maximum Gasteiger partial charge on any atom is 0.322 e. The molecule has 25 heavy (non-hydrogen) atoms. The van der Waals surface area contributed by atoms with Crippen LogP contribution in [0.25, 0.3) is 0 Å². The summed E-state index contributed by atoms with van der Waals surface area (Å²) in [7, 11) is 1.46. The van der Waals surface area contributed by atoms with Gasteiger partial charge in [-0.15, -0.1) is 0 Å². The van der Waals surface area contributed by atoms with Gasteiger partial charge in [0.05, 0.1) is 29.9 Å². The SMILES string of the molecule is CN1C(=O)c2ccc(NC(=O)N3CCO[C@H]4CCCC[C@H]43)cc2C1=O. The third-order valence-corrected chi connectivity index (χ3v) is 5.33. The van der Waals surface area contributed by atoms with Gasteiger partial charge in [-0.1, -0.05) is 12.8 Å². The van der Waals surface area contributed by atoms with E-state index in [1.54, 1.807) is 18.2 Å². The molecule has 0 spiro atoms. The minimum atomic E-state index is -0.338. The molecule has 0 unspecified atom stereocenters. The predicted octanol–water partition coefficient (Wildman–Crippen LogP) is 2.09. The van der Waals surface area contributed by atoms with Crippen LogP contribution in [0.1, 0.15) is 46.4 Å². The number of hydrogen-bond donors (Lipinski definition) is 1. The average molecular weight is 343 g/mol. The molecular weight excluding hydrogens is 322 g/mol. The van der Waals surface area contributed by atoms with Crippen LogP contribution in [-0.4, -0.2) is 60.0 Å². The van der Waals surface area contributed by atoms with Crippen LogP contribution in [0.4, 0.5) is 10.5 Å². The molecule has 1 saturated carbocycles. The molecule has 1 saturated heterocycles. The number of nitrogens with one attached hydrogen (secondary N) is 1. The van der Waals surface area contributed by atoms with Crippen molar-refractivity contribution in [2.45, 2.75) is 37.8 Å². The number of anilines is 1. The Bertz CT molecular complexity index is 746. The number of imide groups is 1. The number of benzene rings is 1. The first-order valence-corrected chi connectivity index (χ1v) is 8.72. The van der Waals surface area contributed by atoms with E-state index in [4.69, 9.17) is 4.74 Å². The Morgan fingerprint density at radius 2 is 1.92 bits per heavy atom. The normalized spacial score (nSPS) is 25.6. The summed E-state index contributed by atoms with van der Waals surface area (Å²) in [5.74, 6) is -0.647. The van der Waals surface area contributed by atoms with Crippen LogP contribution in [0.2, 0.25) is 0 Å². The van der Waals surface area contributed by atoms with Crippen molar-refractivity contribution < 1.29 is 19.1 Å². The molecule has 1 N–H and O–H groups in total. The number of carbonyl (C=O) groups is 3. The molecule has 2 atom stereocenters. The molecule has 7 nitrogen and oxygen atoms in total. The first-order chi connectivity index (χ1) is 12.1. The van der Waals surface area contributed by atoms with Crippen molar-refractivity contribution in [2.75, 3.05) is 25.5 Å². The van der Waals surface area contributed by atoms with Gasteiger partial charge in [-0.25, -0.2) is 4.79 Å². The highest BCUT2D eigenvalue weighted by Crippen LogP contribution is 2.29. The number of ether oxygens (including phenoxy) is 1. The van der Waals surface area contributed by atoms with E-state index in [1.165, 1.54) is 7.05 Å². The zero-order chi connectivity index (χ0) is 17.6. The number of urea groups is 1. The van der Waals surface area contributed by atoms with Crippen LogP contribution in [0.5, 0.6) is 0 Å². The summed E-state index contributed by atoms with van der Waals surface area (Å²) in [4.78, 5) is 39.7. The van der Waals surface area contributed by atoms with Gasteiger partial charge in [0.2, 0.25) is 0 Å². The van der Waals surface area contributed by atoms with Gasteiger partial charge in [0, 0.05) is 19.3 Å². The number of nitrogens with zero attached hydrogens (tertiary/aromatic N) is 2. The average Bonchev–Trinajstić information content (AvgIpc) is 2.85. The summed E-state index contributed by atoms with van der Waals surface area (Å²) in [6.45, 7) is 1.12. The van der Waals surface area contributed by atoms with Gasteiger partial charge in [-0.05, 0) is 31.0 Å². The molecule has 0 radical (unpaired) electrons. The van der Waals surface area contributed by atoms with Gasteiger partial charge in [0.1, 0.15) is 0 Å². The summed E-state index contributed by atoms with van der Waals surface area (Å²) in [6.07, 6.45) is 4.33. The molecule has 0 aromatic heterocycles. The van der Waals surface area contributed by atoms with E-state index < -0.39 is 0 Å². The van der Waals surface area contributed by atoms with Gasteiger partial charge in [-0.2, -0.15) is 0 Å². The molecule has 0 bridgehead atoms. The standard InChI is InChI=1S/C18H21N3O4/c1-20-16(22)12-7-6-11(10-13(12)17(20)23)19-18(24)21-8-9-25-15-5-3-2-4-14(15)21/h6-7,10,14-15H,2-5,8-9H2,1H3,(H,19,24)/t14-,15+/m1/s1. The quantitative estimate of drug-likeness (QED) is 0.792. The number of amides is 4. The van der Waals surface area contributed by atoms with Gasteiger partial charge in [-0.3, -0.25) is 14.5 Å². The van der Waals surface area contributed by atoms with E-state index >= 15 is 0 Å². The van der Waals surface area contributed by atoms with Gasteiger partial charge < -0.3 is 15.0 Å². The highest BCUT2D eigenvalue weighted by atomic mass is 16.5. The third kappa shape index (κ3) is 2.68. The Balaban J connectivity index is 1.52. The first-order valence-electron chi connectivity index (χ1n) is 8.72. The maximum atomic E-state index is 12.7. The second-order valence-corrected chi connectivity index (χ2v) is 6.81. The lowest BCUT2D eigenvalue weighted by Gasteiger charge is -2.43. The summed E-state index contributed by atoms with van der Waals surface area (Å²) in [5, 5.41) is 2.87. The molecule has 2 heterocycles. The second kappa shape index (κ2) is 6.15. The summed E-state index contributed by atoms with van der Waals surface area (Å²) >= 11 is 0. The predicted molar refractivity (Wildman–Crippen MR) is 90.6 cm³/mol. The molecular formula is C18H21N3O4. The van der Waals surface area contributed by atoms with Crippen LogP contribution in [-0.2, 0) is 4.74 Å². The lowest BCUT2D eigenvalue weighted by Crippen LogP contribution is -2.55. The van der Waals surface area contributed by atoms with Crippen LogP contribution in [0.15, 0.2) is 18.2 Å². The fraction of sp³-hybridized carbons (Fsp3) is 0.500. The number of morpholine rings is 1. The fourth-order valence-corrected chi connectivity index (χ4v) is 3.98. The summed E-state index contributed by atoms with van der Waals surface area (Å²) < 4.78 is 5.80. The smallest absolute Gasteiger partial charge is 0.322 e. The Morgan fingerprint density at radius 1 is 1.16 bits per heavy atom. The van der Waals surface area contributed by atoms with E-state index in [0.717, 1.165) is 30.6 Å². The minimum absolute atomic E-state index is 0.117. The van der Waals surface area contributed by atoms with Gasteiger partial charge in [0.25, 0.3) is 11.8 Å². The van der Waals surface area contributed by atoms with Crippen molar-refractivity contribution in [3.63, 3.8) is 0 Å². The lowest BCUT2D eigenvalue weighted by molar-refractivity contribution is -0.0694. The minimum Gasteiger partial charge on any atom is -0.374 e. The van der Waals surface area contributed by atoms with Gasteiger partial charge in [0.15, 0.2) is 0 Å². The Kier molecular flexibility index (Phi) is 3.95. The lowest BCUT2D eigenvalue weighted by atomic mass is 9.90.